The maximum Gasteiger partial charge on any atom is 0.289 e. The zero-order valence-corrected chi connectivity index (χ0v) is 28.9. The van der Waals surface area contributed by atoms with Gasteiger partial charge in [0.15, 0.2) is 17.0 Å². The summed E-state index contributed by atoms with van der Waals surface area (Å²) in [6.07, 6.45) is 4.47. The molecule has 0 bridgehead atoms. The normalized spacial score (nSPS) is 14.9. The van der Waals surface area contributed by atoms with Crippen molar-refractivity contribution < 1.29 is 22.5 Å². The summed E-state index contributed by atoms with van der Waals surface area (Å²) in [7, 11) is -5.88. The van der Waals surface area contributed by atoms with Gasteiger partial charge in [-0.3, -0.25) is 19.4 Å². The molecule has 3 aromatic heterocycles. The Kier molecular flexibility index (Phi) is 8.90. The van der Waals surface area contributed by atoms with E-state index < -0.39 is 39.6 Å². The fourth-order valence-corrected chi connectivity index (χ4v) is 8.54. The number of para-hydroxylation sites is 1. The molecular weight excluding hydrogens is 651 g/mol. The average Bonchev–Trinajstić information content (AvgIpc) is 3.71. The third kappa shape index (κ3) is 6.34. The van der Waals surface area contributed by atoms with Crippen LogP contribution in [0.3, 0.4) is 0 Å². The van der Waals surface area contributed by atoms with Gasteiger partial charge >= 0.3 is 0 Å². The van der Waals surface area contributed by atoms with E-state index in [1.165, 1.54) is 41.2 Å². The Morgan fingerprint density at radius 1 is 1.21 bits per heavy atom. The van der Waals surface area contributed by atoms with Crippen LogP contribution in [0, 0.1) is 28.4 Å². The smallest absolute Gasteiger partial charge is 0.289 e. The number of rotatable bonds is 11. The van der Waals surface area contributed by atoms with Crippen LogP contribution < -0.4 is 4.31 Å². The number of anilines is 1. The van der Waals surface area contributed by atoms with Crippen LogP contribution in [-0.2, 0) is 27.9 Å². The molecule has 2 aromatic carbocycles. The van der Waals surface area contributed by atoms with Crippen molar-refractivity contribution >= 4 is 40.4 Å². The molecule has 0 N–H and O–H groups in total. The zero-order chi connectivity index (χ0) is 34.2. The number of hydrogen-bond acceptors (Lipinski definition) is 10. The molecule has 15 heteroatoms. The topological polar surface area (TPSA) is 170 Å². The number of ether oxygens (including phenoxy) is 1. The van der Waals surface area contributed by atoms with E-state index in [-0.39, 0.29) is 12.4 Å². The summed E-state index contributed by atoms with van der Waals surface area (Å²) in [4.78, 5) is 19.7. The second-order valence-electron chi connectivity index (χ2n) is 13.0. The lowest BCUT2D eigenvalue weighted by molar-refractivity contribution is -0.387. The third-order valence-corrected chi connectivity index (χ3v) is 12.0. The molecule has 1 aliphatic rings. The summed E-state index contributed by atoms with van der Waals surface area (Å²) in [5, 5.41) is 27.1. The Morgan fingerprint density at radius 2 is 2.00 bits per heavy atom. The van der Waals surface area contributed by atoms with E-state index in [9.17, 15) is 23.8 Å². The summed E-state index contributed by atoms with van der Waals surface area (Å²) in [6, 6.07) is 14.6. The van der Waals surface area contributed by atoms with Crippen molar-refractivity contribution in [1.82, 2.24) is 19.7 Å². The van der Waals surface area contributed by atoms with Crippen molar-refractivity contribution in [3.63, 3.8) is 0 Å². The Hall–Kier alpha value is -4.91. The van der Waals surface area contributed by atoms with Crippen LogP contribution >= 0.6 is 0 Å². The van der Waals surface area contributed by atoms with Crippen LogP contribution in [0.2, 0.25) is 25.7 Å². The van der Waals surface area contributed by atoms with Crippen LogP contribution in [0.4, 0.5) is 11.4 Å². The van der Waals surface area contributed by atoms with Crippen molar-refractivity contribution in [2.75, 3.05) is 10.9 Å². The van der Waals surface area contributed by atoms with Gasteiger partial charge in [-0.1, -0.05) is 31.8 Å². The first-order valence-electron chi connectivity index (χ1n) is 15.5. The number of benzene rings is 2. The molecule has 0 radical (unpaired) electrons. The first-order valence-corrected chi connectivity index (χ1v) is 20.7. The number of nitriles is 1. The number of nitro groups is 1. The zero-order valence-electron chi connectivity index (χ0n) is 27.1. The van der Waals surface area contributed by atoms with Gasteiger partial charge in [0.1, 0.15) is 18.5 Å². The lowest BCUT2D eigenvalue weighted by Gasteiger charge is -2.36. The Morgan fingerprint density at radius 3 is 2.71 bits per heavy atom. The van der Waals surface area contributed by atoms with E-state index in [0.717, 1.165) is 11.6 Å². The summed E-state index contributed by atoms with van der Waals surface area (Å²) < 4.78 is 44.1. The van der Waals surface area contributed by atoms with E-state index in [0.29, 0.717) is 65.2 Å². The van der Waals surface area contributed by atoms with Gasteiger partial charge < -0.3 is 9.15 Å². The van der Waals surface area contributed by atoms with Crippen molar-refractivity contribution in [3.05, 3.63) is 93.8 Å². The second kappa shape index (κ2) is 12.9. The largest absolute Gasteiger partial charge is 0.442 e. The van der Waals surface area contributed by atoms with Crippen LogP contribution in [0.25, 0.3) is 22.4 Å². The molecule has 5 aromatic rings. The molecule has 1 unspecified atom stereocenters. The molecule has 13 nitrogen and oxygen atoms in total. The van der Waals surface area contributed by atoms with Crippen LogP contribution in [-0.4, -0.2) is 47.8 Å². The molecule has 0 spiro atoms. The van der Waals surface area contributed by atoms with Gasteiger partial charge in [-0.15, -0.1) is 0 Å². The summed E-state index contributed by atoms with van der Waals surface area (Å²) in [5.41, 5.74) is 3.03. The van der Waals surface area contributed by atoms with Crippen LogP contribution in [0.15, 0.2) is 70.4 Å². The number of pyridine rings is 1. The highest BCUT2D eigenvalue weighted by Crippen LogP contribution is 2.43. The number of fused-ring (bicyclic) bond motifs is 2. The number of sulfonamides is 1. The van der Waals surface area contributed by atoms with Crippen molar-refractivity contribution in [2.24, 2.45) is 0 Å². The van der Waals surface area contributed by atoms with Gasteiger partial charge in [0, 0.05) is 26.1 Å². The van der Waals surface area contributed by atoms with Crippen molar-refractivity contribution in [2.45, 2.75) is 69.5 Å². The summed E-state index contributed by atoms with van der Waals surface area (Å²) >= 11 is 0. The first-order chi connectivity index (χ1) is 22.9. The highest BCUT2D eigenvalue weighted by atomic mass is 32.2. The number of aromatic nitrogens is 4. The van der Waals surface area contributed by atoms with Crippen molar-refractivity contribution in [1.29, 1.82) is 5.26 Å². The number of nitrogens with zero attached hydrogens (tertiary/aromatic N) is 7. The molecular formula is C33H35N7O6SSi. The molecule has 0 saturated heterocycles. The second-order valence-corrected chi connectivity index (χ2v) is 20.4. The fourth-order valence-electron chi connectivity index (χ4n) is 5.98. The lowest BCUT2D eigenvalue weighted by atomic mass is 9.90. The molecule has 6 rings (SSSR count). The molecule has 248 valence electrons. The van der Waals surface area contributed by atoms with E-state index in [1.54, 1.807) is 35.9 Å². The predicted molar refractivity (Wildman–Crippen MR) is 181 cm³/mol. The molecule has 0 saturated carbocycles. The molecule has 0 fully saturated rings. The van der Waals surface area contributed by atoms with E-state index in [2.05, 4.69) is 30.7 Å². The van der Waals surface area contributed by atoms with Crippen LogP contribution in [0.5, 0.6) is 0 Å². The van der Waals surface area contributed by atoms with Crippen molar-refractivity contribution in [3.8, 4) is 17.5 Å². The number of oxazole rings is 1. The third-order valence-electron chi connectivity index (χ3n) is 8.43. The van der Waals surface area contributed by atoms with E-state index in [4.69, 9.17) is 19.2 Å². The van der Waals surface area contributed by atoms with Gasteiger partial charge in [0.25, 0.3) is 15.7 Å². The Balaban J connectivity index is 1.54. The Bertz CT molecular complexity index is 2150. The number of hydrogen-bond donors (Lipinski definition) is 0. The maximum absolute atomic E-state index is 14.8. The molecule has 0 aliphatic heterocycles. The highest BCUT2D eigenvalue weighted by Gasteiger charge is 2.40. The van der Waals surface area contributed by atoms with E-state index in [1.807, 2.05) is 0 Å². The first kappa shape index (κ1) is 33.0. The molecule has 0 amide bonds. The number of nitro benzene ring substituents is 1. The monoisotopic (exact) mass is 685 g/mol. The minimum absolute atomic E-state index is 0.174. The number of aryl methyl sites for hydroxylation is 2. The standard InChI is InChI=1S/C33H35N7O6SSi/c1-22-24(18-34)16-23-8-7-10-29(32(23)36-22)39(47(43,44)31-11-6-5-9-28(31)40(41)42)25-12-13-27-26(17-25)33(30-19-35-20-46-30)37-38(27)21-45-14-15-48(2,3)4/h5-6,9,11-13,16-17,19-20,29H,7-8,10,14-15,21H2,1-4H3. The van der Waals surface area contributed by atoms with Gasteiger partial charge in [-0.2, -0.15) is 10.4 Å². The highest BCUT2D eigenvalue weighted by molar-refractivity contribution is 7.93. The minimum Gasteiger partial charge on any atom is -0.442 e. The van der Waals surface area contributed by atoms with Gasteiger partial charge in [-0.25, -0.2) is 18.1 Å². The van der Waals surface area contributed by atoms with Gasteiger partial charge in [0.05, 0.1) is 45.3 Å². The maximum atomic E-state index is 14.8. The molecule has 1 aliphatic carbocycles. The quantitative estimate of drug-likeness (QED) is 0.0626. The molecule has 1 atom stereocenters. The summed E-state index contributed by atoms with van der Waals surface area (Å²) in [6.45, 7) is 9.29. The molecule has 3 heterocycles. The molecule has 48 heavy (non-hydrogen) atoms. The van der Waals surface area contributed by atoms with Gasteiger partial charge in [-0.05, 0) is 68.1 Å². The fraction of sp³-hybridized carbons (Fsp3) is 0.333. The summed E-state index contributed by atoms with van der Waals surface area (Å²) in [5.74, 6) is 0.385. The average molecular weight is 686 g/mol. The lowest BCUT2D eigenvalue weighted by Crippen LogP contribution is -2.38. The minimum atomic E-state index is -4.56. The van der Waals surface area contributed by atoms with Crippen LogP contribution in [0.1, 0.15) is 41.4 Å². The predicted octanol–water partition coefficient (Wildman–Crippen LogP) is 6.76. The Labute approximate surface area is 279 Å². The SMILES string of the molecule is Cc1nc2c(cc1C#N)CCCC2N(c1ccc2c(c1)c(-c1cnco1)nn2COCC[Si](C)(C)C)S(=O)(=O)c1ccccc1[N+](=O)[O-]. The van der Waals surface area contributed by atoms with Gasteiger partial charge in [0.2, 0.25) is 0 Å². The van der Waals surface area contributed by atoms with E-state index >= 15 is 0 Å².